The van der Waals surface area contributed by atoms with E-state index in [1.165, 1.54) is 18.2 Å². The Hall–Kier alpha value is -2.63. The van der Waals surface area contributed by atoms with Gasteiger partial charge in [0.05, 0.1) is 10.5 Å². The highest BCUT2D eigenvalue weighted by atomic mass is 19.2. The minimum atomic E-state index is -1.02. The van der Waals surface area contributed by atoms with Crippen molar-refractivity contribution in [3.8, 4) is 11.1 Å². The maximum Gasteiger partial charge on any atom is 0.279 e. The minimum Gasteiger partial charge on any atom is -0.298 e. The molecule has 0 amide bonds. The van der Waals surface area contributed by atoms with Gasteiger partial charge in [-0.25, -0.2) is 8.78 Å². The number of hydrogen-bond donors (Lipinski definition) is 0. The van der Waals surface area contributed by atoms with Crippen LogP contribution in [0.2, 0.25) is 0 Å². The van der Waals surface area contributed by atoms with Crippen molar-refractivity contribution in [3.05, 3.63) is 63.7 Å². The number of nitrogens with zero attached hydrogens (tertiary/aromatic N) is 1. The average molecular weight is 263 g/mol. The lowest BCUT2D eigenvalue weighted by molar-refractivity contribution is -0.385. The van der Waals surface area contributed by atoms with Crippen molar-refractivity contribution < 1.29 is 18.5 Å². The van der Waals surface area contributed by atoms with E-state index in [2.05, 4.69) is 0 Å². The molecule has 0 bridgehead atoms. The highest BCUT2D eigenvalue weighted by Gasteiger charge is 2.14. The van der Waals surface area contributed by atoms with Gasteiger partial charge in [-0.3, -0.25) is 14.9 Å². The first-order valence-corrected chi connectivity index (χ1v) is 5.22. The fourth-order valence-electron chi connectivity index (χ4n) is 1.67. The Morgan fingerprint density at radius 1 is 1.00 bits per heavy atom. The highest BCUT2D eigenvalue weighted by Crippen LogP contribution is 2.26. The van der Waals surface area contributed by atoms with Crippen LogP contribution in [0.5, 0.6) is 0 Å². The van der Waals surface area contributed by atoms with Crippen LogP contribution in [-0.4, -0.2) is 11.2 Å². The van der Waals surface area contributed by atoms with E-state index in [1.54, 1.807) is 0 Å². The Balaban J connectivity index is 2.54. The second-order valence-electron chi connectivity index (χ2n) is 3.78. The number of halogens is 2. The predicted octanol–water partition coefficient (Wildman–Crippen LogP) is 3.35. The maximum atomic E-state index is 13.1. The monoisotopic (exact) mass is 263 g/mol. The molecule has 2 aromatic rings. The van der Waals surface area contributed by atoms with Crippen molar-refractivity contribution in [2.24, 2.45) is 0 Å². The topological polar surface area (TPSA) is 60.2 Å². The van der Waals surface area contributed by atoms with Crippen LogP contribution in [0.25, 0.3) is 11.1 Å². The van der Waals surface area contributed by atoms with Gasteiger partial charge in [-0.1, -0.05) is 6.07 Å². The Labute approximate surface area is 106 Å². The van der Waals surface area contributed by atoms with Crippen molar-refractivity contribution in [2.45, 2.75) is 0 Å². The van der Waals surface area contributed by atoms with Gasteiger partial charge in [0.25, 0.3) is 5.69 Å². The molecule has 0 aromatic heterocycles. The van der Waals surface area contributed by atoms with Crippen LogP contribution in [-0.2, 0) is 0 Å². The molecule has 0 unspecified atom stereocenters. The predicted molar refractivity (Wildman–Crippen MR) is 63.8 cm³/mol. The minimum absolute atomic E-state index is 0.118. The second-order valence-corrected chi connectivity index (χ2v) is 3.78. The summed E-state index contributed by atoms with van der Waals surface area (Å²) in [5, 5.41) is 10.7. The molecule has 0 fully saturated rings. The van der Waals surface area contributed by atoms with Gasteiger partial charge in [0, 0.05) is 6.07 Å². The first-order valence-electron chi connectivity index (χ1n) is 5.22. The highest BCUT2D eigenvalue weighted by molar-refractivity contribution is 5.84. The Kier molecular flexibility index (Phi) is 3.33. The van der Waals surface area contributed by atoms with Crippen molar-refractivity contribution in [3.63, 3.8) is 0 Å². The van der Waals surface area contributed by atoms with Gasteiger partial charge in [0.1, 0.15) is 0 Å². The third kappa shape index (κ3) is 2.47. The molecule has 19 heavy (non-hydrogen) atoms. The van der Waals surface area contributed by atoms with Crippen molar-refractivity contribution in [2.75, 3.05) is 0 Å². The molecular weight excluding hydrogens is 256 g/mol. The van der Waals surface area contributed by atoms with E-state index in [0.717, 1.165) is 18.2 Å². The molecule has 4 nitrogen and oxygen atoms in total. The zero-order valence-corrected chi connectivity index (χ0v) is 9.47. The smallest absolute Gasteiger partial charge is 0.279 e. The lowest BCUT2D eigenvalue weighted by Crippen LogP contribution is -1.95. The number of carbonyl (C=O) groups is 1. The zero-order valence-electron chi connectivity index (χ0n) is 9.47. The number of benzene rings is 2. The van der Waals surface area contributed by atoms with Crippen molar-refractivity contribution in [1.29, 1.82) is 0 Å². The van der Waals surface area contributed by atoms with Crippen LogP contribution in [0.1, 0.15) is 10.4 Å². The van der Waals surface area contributed by atoms with Gasteiger partial charge in [-0.05, 0) is 35.4 Å². The molecule has 0 aliphatic heterocycles. The summed E-state index contributed by atoms with van der Waals surface area (Å²) >= 11 is 0. The number of nitro groups is 1. The van der Waals surface area contributed by atoms with Crippen LogP contribution in [0.15, 0.2) is 36.4 Å². The quantitative estimate of drug-likeness (QED) is 0.484. The second kappa shape index (κ2) is 4.93. The zero-order chi connectivity index (χ0) is 14.0. The number of carbonyl (C=O) groups excluding carboxylic acids is 1. The molecule has 0 heterocycles. The Bertz CT molecular complexity index is 671. The molecule has 0 saturated carbocycles. The summed E-state index contributed by atoms with van der Waals surface area (Å²) in [4.78, 5) is 20.8. The standard InChI is InChI=1S/C13H7F2NO3/c14-11-3-1-9(6-12(11)15)8-2-4-13(16(18)19)10(5-8)7-17/h1-7H. The summed E-state index contributed by atoms with van der Waals surface area (Å²) in [6, 6.07) is 7.03. The van der Waals surface area contributed by atoms with Crippen LogP contribution in [0, 0.1) is 21.7 Å². The normalized spacial score (nSPS) is 10.2. The largest absolute Gasteiger partial charge is 0.298 e. The molecule has 0 spiro atoms. The van der Waals surface area contributed by atoms with Gasteiger partial charge in [0.15, 0.2) is 17.9 Å². The van der Waals surface area contributed by atoms with E-state index < -0.39 is 16.6 Å². The van der Waals surface area contributed by atoms with E-state index in [9.17, 15) is 23.7 Å². The molecule has 0 aliphatic carbocycles. The van der Waals surface area contributed by atoms with Gasteiger partial charge in [-0.15, -0.1) is 0 Å². The van der Waals surface area contributed by atoms with Crippen LogP contribution in [0.3, 0.4) is 0 Å². The first-order chi connectivity index (χ1) is 9.02. The van der Waals surface area contributed by atoms with Gasteiger partial charge in [-0.2, -0.15) is 0 Å². The number of rotatable bonds is 3. The molecule has 0 radical (unpaired) electrons. The Morgan fingerprint density at radius 3 is 2.21 bits per heavy atom. The van der Waals surface area contributed by atoms with Crippen molar-refractivity contribution >= 4 is 12.0 Å². The molecule has 96 valence electrons. The summed E-state index contributed by atoms with van der Waals surface area (Å²) in [5.74, 6) is -2.01. The van der Waals surface area contributed by atoms with E-state index >= 15 is 0 Å². The Morgan fingerprint density at radius 2 is 1.63 bits per heavy atom. The summed E-state index contributed by atoms with van der Waals surface area (Å²) < 4.78 is 25.9. The summed E-state index contributed by atoms with van der Waals surface area (Å²) in [6.45, 7) is 0. The molecule has 2 rings (SSSR count). The SMILES string of the molecule is O=Cc1cc(-c2ccc(F)c(F)c2)ccc1[N+](=O)[O-]. The summed E-state index contributed by atoms with van der Waals surface area (Å²) in [5.41, 5.74) is 0.275. The van der Waals surface area contributed by atoms with Crippen LogP contribution >= 0.6 is 0 Å². The third-order valence-electron chi connectivity index (χ3n) is 2.60. The van der Waals surface area contributed by atoms with E-state index in [4.69, 9.17) is 0 Å². The maximum absolute atomic E-state index is 13.1. The summed E-state index contributed by atoms with van der Waals surface area (Å²) in [7, 11) is 0. The van der Waals surface area contributed by atoms with Gasteiger partial charge < -0.3 is 0 Å². The lowest BCUT2D eigenvalue weighted by Gasteiger charge is -2.04. The van der Waals surface area contributed by atoms with Gasteiger partial charge in [0.2, 0.25) is 0 Å². The van der Waals surface area contributed by atoms with E-state index in [1.807, 2.05) is 0 Å². The molecule has 6 heteroatoms. The van der Waals surface area contributed by atoms with Gasteiger partial charge >= 0.3 is 0 Å². The number of nitro benzene ring substituents is 1. The molecule has 0 atom stereocenters. The number of aldehydes is 1. The lowest BCUT2D eigenvalue weighted by atomic mass is 10.0. The van der Waals surface area contributed by atoms with E-state index in [0.29, 0.717) is 17.4 Å². The van der Waals surface area contributed by atoms with E-state index in [-0.39, 0.29) is 11.3 Å². The fraction of sp³-hybridized carbons (Fsp3) is 0. The molecule has 0 saturated heterocycles. The first kappa shape index (κ1) is 12.8. The molecule has 0 N–H and O–H groups in total. The van der Waals surface area contributed by atoms with Crippen molar-refractivity contribution in [1.82, 2.24) is 0 Å². The van der Waals surface area contributed by atoms with Crippen LogP contribution in [0.4, 0.5) is 14.5 Å². The molecular formula is C13H7F2NO3. The van der Waals surface area contributed by atoms with Crippen LogP contribution < -0.4 is 0 Å². The molecule has 0 aliphatic rings. The molecule has 2 aromatic carbocycles. The fourth-order valence-corrected chi connectivity index (χ4v) is 1.67. The third-order valence-corrected chi connectivity index (χ3v) is 2.60. The average Bonchev–Trinajstić information content (AvgIpc) is 2.41. The summed E-state index contributed by atoms with van der Waals surface area (Å²) in [6.07, 6.45) is 0.349. The number of hydrogen-bond acceptors (Lipinski definition) is 3.